The lowest BCUT2D eigenvalue weighted by Crippen LogP contribution is -2.11. The summed E-state index contributed by atoms with van der Waals surface area (Å²) in [6, 6.07) is 8.74. The van der Waals surface area contributed by atoms with Gasteiger partial charge in [0.05, 0.1) is 28.5 Å². The van der Waals surface area contributed by atoms with Gasteiger partial charge in [-0.2, -0.15) is 5.10 Å². The van der Waals surface area contributed by atoms with Crippen molar-refractivity contribution in [1.29, 1.82) is 0 Å². The second-order valence-corrected chi connectivity index (χ2v) is 7.90. The first-order valence-corrected chi connectivity index (χ1v) is 10.1. The predicted octanol–water partition coefficient (Wildman–Crippen LogP) is 5.41. The van der Waals surface area contributed by atoms with Crippen molar-refractivity contribution in [2.45, 2.75) is 0 Å². The number of benzene rings is 2. The van der Waals surface area contributed by atoms with Crippen LogP contribution in [0.2, 0.25) is 10.0 Å². The maximum Gasteiger partial charge on any atom is 0.205 e. The molecule has 3 aromatic rings. The lowest BCUT2D eigenvalue weighted by atomic mass is 10.2. The molecule has 0 aliphatic heterocycles. The smallest absolute Gasteiger partial charge is 0.205 e. The second kappa shape index (κ2) is 8.48. The van der Waals surface area contributed by atoms with Gasteiger partial charge in [0.2, 0.25) is 4.80 Å². The number of halogens is 3. The Morgan fingerprint density at radius 2 is 2.04 bits per heavy atom. The minimum absolute atomic E-state index is 0.0377. The van der Waals surface area contributed by atoms with E-state index in [-0.39, 0.29) is 5.75 Å². The van der Waals surface area contributed by atoms with Crippen LogP contribution in [0.25, 0.3) is 11.3 Å². The van der Waals surface area contributed by atoms with E-state index in [0.717, 1.165) is 16.8 Å². The molecule has 0 unspecified atom stereocenters. The maximum atomic E-state index is 9.94. The van der Waals surface area contributed by atoms with Gasteiger partial charge in [0.1, 0.15) is 0 Å². The number of aromatic nitrogens is 1. The highest BCUT2D eigenvalue weighted by atomic mass is 79.9. The average Bonchev–Trinajstić information content (AvgIpc) is 3.05. The fourth-order valence-electron chi connectivity index (χ4n) is 2.39. The lowest BCUT2D eigenvalue weighted by molar-refractivity contribution is 0.372. The van der Waals surface area contributed by atoms with Gasteiger partial charge in [0.15, 0.2) is 11.5 Å². The number of aromatic hydroxyl groups is 1. The highest BCUT2D eigenvalue weighted by Gasteiger charge is 2.12. The zero-order valence-electron chi connectivity index (χ0n) is 14.3. The van der Waals surface area contributed by atoms with Crippen LogP contribution in [-0.4, -0.2) is 30.2 Å². The summed E-state index contributed by atoms with van der Waals surface area (Å²) in [5, 5.41) is 17.5. The molecule has 0 saturated carbocycles. The third kappa shape index (κ3) is 4.21. The molecular formula is C18H14BrCl2N3O2S. The largest absolute Gasteiger partial charge is 0.503 e. The molecule has 1 N–H and O–H groups in total. The van der Waals surface area contributed by atoms with Crippen molar-refractivity contribution in [1.82, 2.24) is 4.68 Å². The Labute approximate surface area is 178 Å². The molecule has 9 heteroatoms. The standard InChI is InChI=1S/C18H14BrCl2N3O2S/c1-22-18-24(15(9-27-18)12-4-3-11(20)7-14(12)21)23-8-10-5-13(19)17(25)16(6-10)26-2/h3-9,25H,1-2H3/b22-18?,23-8+. The van der Waals surface area contributed by atoms with E-state index >= 15 is 0 Å². The van der Waals surface area contributed by atoms with E-state index in [1.807, 2.05) is 11.4 Å². The van der Waals surface area contributed by atoms with E-state index in [1.165, 1.54) is 18.4 Å². The number of ether oxygens (including phenoxy) is 1. The van der Waals surface area contributed by atoms with E-state index < -0.39 is 0 Å². The van der Waals surface area contributed by atoms with Gasteiger partial charge in [-0.15, -0.1) is 11.3 Å². The summed E-state index contributed by atoms with van der Waals surface area (Å²) < 4.78 is 7.39. The Morgan fingerprint density at radius 3 is 2.70 bits per heavy atom. The molecule has 1 heterocycles. The number of hydrogen-bond donors (Lipinski definition) is 1. The molecule has 27 heavy (non-hydrogen) atoms. The third-order valence-corrected chi connectivity index (χ3v) is 5.74. The molecule has 0 atom stereocenters. The summed E-state index contributed by atoms with van der Waals surface area (Å²) in [4.78, 5) is 4.97. The van der Waals surface area contributed by atoms with E-state index in [9.17, 15) is 5.11 Å². The number of phenols is 1. The normalized spacial score (nSPS) is 12.1. The Morgan fingerprint density at radius 1 is 1.26 bits per heavy atom. The molecule has 0 aliphatic rings. The quantitative estimate of drug-likeness (QED) is 0.501. The van der Waals surface area contributed by atoms with Gasteiger partial charge in [-0.05, 0) is 51.8 Å². The van der Waals surface area contributed by atoms with Gasteiger partial charge in [-0.1, -0.05) is 23.2 Å². The number of nitrogens with zero attached hydrogens (tertiary/aromatic N) is 3. The molecule has 2 aromatic carbocycles. The van der Waals surface area contributed by atoms with Gasteiger partial charge >= 0.3 is 0 Å². The van der Waals surface area contributed by atoms with Crippen LogP contribution in [-0.2, 0) is 0 Å². The van der Waals surface area contributed by atoms with Gasteiger partial charge in [-0.25, -0.2) is 4.68 Å². The molecule has 5 nitrogen and oxygen atoms in total. The minimum Gasteiger partial charge on any atom is -0.503 e. The summed E-state index contributed by atoms with van der Waals surface area (Å²) in [5.41, 5.74) is 2.34. The molecule has 0 fully saturated rings. The molecule has 1 aromatic heterocycles. The van der Waals surface area contributed by atoms with Crippen molar-refractivity contribution in [3.63, 3.8) is 0 Å². The van der Waals surface area contributed by atoms with Crippen LogP contribution in [0.3, 0.4) is 0 Å². The fourth-order valence-corrected chi connectivity index (χ4v) is 4.15. The molecule has 140 valence electrons. The Hall–Kier alpha value is -1.80. The summed E-state index contributed by atoms with van der Waals surface area (Å²) in [6.45, 7) is 0. The molecule has 0 aliphatic carbocycles. The minimum atomic E-state index is 0.0377. The Kier molecular flexibility index (Phi) is 6.26. The van der Waals surface area contributed by atoms with Crippen molar-refractivity contribution >= 4 is 56.7 Å². The summed E-state index contributed by atoms with van der Waals surface area (Å²) in [5.74, 6) is 0.387. The highest BCUT2D eigenvalue weighted by Crippen LogP contribution is 2.35. The number of methoxy groups -OCH3 is 1. The van der Waals surface area contributed by atoms with Crippen molar-refractivity contribution in [2.75, 3.05) is 14.2 Å². The first-order chi connectivity index (χ1) is 12.9. The van der Waals surface area contributed by atoms with Gasteiger partial charge < -0.3 is 9.84 Å². The van der Waals surface area contributed by atoms with Gasteiger partial charge in [-0.3, -0.25) is 4.99 Å². The molecule has 0 radical (unpaired) electrons. The van der Waals surface area contributed by atoms with Gasteiger partial charge in [0.25, 0.3) is 0 Å². The summed E-state index contributed by atoms with van der Waals surface area (Å²) in [7, 11) is 3.19. The zero-order valence-corrected chi connectivity index (χ0v) is 18.2. The van der Waals surface area contributed by atoms with Crippen LogP contribution in [0.4, 0.5) is 0 Å². The third-order valence-electron chi connectivity index (χ3n) is 3.68. The monoisotopic (exact) mass is 485 g/mol. The van der Waals surface area contributed by atoms with Crippen LogP contribution in [0.5, 0.6) is 11.5 Å². The lowest BCUT2D eigenvalue weighted by Gasteiger charge is -2.08. The number of phenolic OH excluding ortho intramolecular Hbond substituents is 1. The van der Waals surface area contributed by atoms with E-state index in [1.54, 1.807) is 42.2 Å². The van der Waals surface area contributed by atoms with E-state index in [4.69, 9.17) is 27.9 Å². The van der Waals surface area contributed by atoms with Crippen LogP contribution in [0, 0.1) is 0 Å². The Bertz CT molecular complexity index is 1090. The maximum absolute atomic E-state index is 9.94. The molecule has 0 amide bonds. The molecule has 0 spiro atoms. The van der Waals surface area contributed by atoms with Gasteiger partial charge in [0, 0.05) is 23.0 Å². The first-order valence-electron chi connectivity index (χ1n) is 7.64. The number of rotatable bonds is 4. The summed E-state index contributed by atoms with van der Waals surface area (Å²) >= 11 is 17.1. The molecule has 0 bridgehead atoms. The number of thiazole rings is 1. The molecular weight excluding hydrogens is 473 g/mol. The molecule has 0 saturated heterocycles. The SMILES string of the molecule is CN=c1scc(-c2ccc(Cl)cc2Cl)n1/N=C/c1cc(Br)c(O)c(OC)c1. The highest BCUT2D eigenvalue weighted by molar-refractivity contribution is 9.10. The fraction of sp³-hybridized carbons (Fsp3) is 0.111. The van der Waals surface area contributed by atoms with Crippen molar-refractivity contribution in [3.8, 4) is 22.8 Å². The van der Waals surface area contributed by atoms with E-state index in [2.05, 4.69) is 26.0 Å². The topological polar surface area (TPSA) is 59.1 Å². The summed E-state index contributed by atoms with van der Waals surface area (Å²) in [6.07, 6.45) is 1.65. The first kappa shape index (κ1) is 19.9. The van der Waals surface area contributed by atoms with Crippen LogP contribution in [0.1, 0.15) is 5.56 Å². The van der Waals surface area contributed by atoms with Crippen LogP contribution in [0.15, 0.2) is 50.3 Å². The second-order valence-electron chi connectivity index (χ2n) is 5.36. The predicted molar refractivity (Wildman–Crippen MR) is 115 cm³/mol. The van der Waals surface area contributed by atoms with E-state index in [0.29, 0.717) is 25.1 Å². The average molecular weight is 487 g/mol. The zero-order chi connectivity index (χ0) is 19.6. The van der Waals surface area contributed by atoms with Crippen LogP contribution >= 0.6 is 50.5 Å². The van der Waals surface area contributed by atoms with Crippen molar-refractivity contribution < 1.29 is 9.84 Å². The van der Waals surface area contributed by atoms with Crippen LogP contribution < -0.4 is 9.54 Å². The molecule has 3 rings (SSSR count). The van der Waals surface area contributed by atoms with Crippen molar-refractivity contribution in [3.05, 3.63) is 60.6 Å². The number of hydrogen-bond acceptors (Lipinski definition) is 5. The Balaban J connectivity index is 2.09. The van der Waals surface area contributed by atoms with Crippen molar-refractivity contribution in [2.24, 2.45) is 10.1 Å².